The first-order valence-electron chi connectivity index (χ1n) is 5.85. The molecular formula is C15H9BrN2O3. The van der Waals surface area contributed by atoms with Gasteiger partial charge in [-0.05, 0) is 42.5 Å². The molecule has 0 saturated carbocycles. The van der Waals surface area contributed by atoms with Crippen LogP contribution in [0.4, 0.5) is 5.69 Å². The molecule has 2 aromatic carbocycles. The normalized spacial score (nSPS) is 9.71. The third-order valence-electron chi connectivity index (χ3n) is 2.74. The maximum absolute atomic E-state index is 12.1. The molecular weight excluding hydrogens is 336 g/mol. The summed E-state index contributed by atoms with van der Waals surface area (Å²) >= 11 is 3.23. The smallest absolute Gasteiger partial charge is 0.337 e. The fraction of sp³-hybridized carbons (Fsp3) is 0. The van der Waals surface area contributed by atoms with Gasteiger partial charge in [-0.3, -0.25) is 4.79 Å². The van der Waals surface area contributed by atoms with Crippen molar-refractivity contribution in [3.05, 3.63) is 63.6 Å². The summed E-state index contributed by atoms with van der Waals surface area (Å²) in [6.45, 7) is 0. The molecule has 0 saturated heterocycles. The number of aromatic carboxylic acids is 1. The number of nitriles is 1. The van der Waals surface area contributed by atoms with Crippen molar-refractivity contribution < 1.29 is 14.7 Å². The maximum Gasteiger partial charge on any atom is 0.337 e. The van der Waals surface area contributed by atoms with E-state index in [9.17, 15) is 9.59 Å². The topological polar surface area (TPSA) is 90.2 Å². The number of carboxylic acids is 1. The van der Waals surface area contributed by atoms with Crippen LogP contribution in [0.3, 0.4) is 0 Å². The molecule has 0 aromatic heterocycles. The molecule has 1 amide bonds. The second-order valence-corrected chi connectivity index (χ2v) is 5.05. The molecule has 0 aliphatic rings. The van der Waals surface area contributed by atoms with Crippen LogP contribution in [0, 0.1) is 11.3 Å². The first kappa shape index (κ1) is 14.8. The Labute approximate surface area is 129 Å². The Hall–Kier alpha value is -2.65. The number of hydrogen-bond acceptors (Lipinski definition) is 3. The fourth-order valence-corrected chi connectivity index (χ4v) is 2.06. The van der Waals surface area contributed by atoms with E-state index in [1.54, 1.807) is 6.07 Å². The van der Waals surface area contributed by atoms with Gasteiger partial charge < -0.3 is 10.4 Å². The number of carboxylic acid groups (broad SMARTS) is 1. The number of rotatable bonds is 3. The van der Waals surface area contributed by atoms with E-state index in [1.165, 1.54) is 36.4 Å². The molecule has 0 radical (unpaired) electrons. The van der Waals surface area contributed by atoms with Gasteiger partial charge in [0.25, 0.3) is 5.91 Å². The molecule has 0 unspecified atom stereocenters. The lowest BCUT2D eigenvalue weighted by Gasteiger charge is -2.09. The molecule has 104 valence electrons. The Bertz CT molecular complexity index is 749. The van der Waals surface area contributed by atoms with Gasteiger partial charge in [0, 0.05) is 10.0 Å². The standard InChI is InChI=1S/C15H9BrN2O3/c16-11-5-6-12(15(20)21)13(7-11)18-14(19)10-3-1-9(8-17)2-4-10/h1-7H,(H,18,19)(H,20,21). The number of anilines is 1. The highest BCUT2D eigenvalue weighted by atomic mass is 79.9. The molecule has 21 heavy (non-hydrogen) atoms. The summed E-state index contributed by atoms with van der Waals surface area (Å²) in [7, 11) is 0. The molecule has 0 spiro atoms. The molecule has 0 bridgehead atoms. The van der Waals surface area contributed by atoms with Gasteiger partial charge in [-0.25, -0.2) is 4.79 Å². The van der Waals surface area contributed by atoms with E-state index in [1.807, 2.05) is 6.07 Å². The summed E-state index contributed by atoms with van der Waals surface area (Å²) in [6, 6.07) is 12.5. The number of carbonyl (C=O) groups excluding carboxylic acids is 1. The lowest BCUT2D eigenvalue weighted by molar-refractivity contribution is 0.0698. The van der Waals surface area contributed by atoms with Crippen molar-refractivity contribution in [3.63, 3.8) is 0 Å². The number of carbonyl (C=O) groups is 2. The van der Waals surface area contributed by atoms with Gasteiger partial charge in [-0.2, -0.15) is 5.26 Å². The third-order valence-corrected chi connectivity index (χ3v) is 3.23. The zero-order valence-electron chi connectivity index (χ0n) is 10.6. The Morgan fingerprint density at radius 3 is 2.38 bits per heavy atom. The highest BCUT2D eigenvalue weighted by Gasteiger charge is 2.14. The van der Waals surface area contributed by atoms with Crippen molar-refractivity contribution in [1.29, 1.82) is 5.26 Å². The Morgan fingerprint density at radius 2 is 1.81 bits per heavy atom. The molecule has 2 N–H and O–H groups in total. The minimum Gasteiger partial charge on any atom is -0.478 e. The Morgan fingerprint density at radius 1 is 1.14 bits per heavy atom. The number of nitrogens with zero attached hydrogens (tertiary/aromatic N) is 1. The van der Waals surface area contributed by atoms with Gasteiger partial charge in [0.05, 0.1) is 22.9 Å². The highest BCUT2D eigenvalue weighted by Crippen LogP contribution is 2.22. The van der Waals surface area contributed by atoms with E-state index < -0.39 is 11.9 Å². The average molecular weight is 345 g/mol. The Balaban J connectivity index is 2.28. The van der Waals surface area contributed by atoms with E-state index in [0.29, 0.717) is 15.6 Å². The van der Waals surface area contributed by atoms with Crippen molar-refractivity contribution in [2.45, 2.75) is 0 Å². The van der Waals surface area contributed by atoms with E-state index in [2.05, 4.69) is 21.2 Å². The molecule has 0 aliphatic heterocycles. The summed E-state index contributed by atoms with van der Waals surface area (Å²) in [5.74, 6) is -1.57. The Kier molecular flexibility index (Phi) is 4.36. The molecule has 0 fully saturated rings. The second kappa shape index (κ2) is 6.20. The lowest BCUT2D eigenvalue weighted by atomic mass is 10.1. The van der Waals surface area contributed by atoms with E-state index in [-0.39, 0.29) is 11.3 Å². The number of hydrogen-bond donors (Lipinski definition) is 2. The van der Waals surface area contributed by atoms with Gasteiger partial charge in [0.15, 0.2) is 0 Å². The van der Waals surface area contributed by atoms with Crippen LogP contribution in [0.25, 0.3) is 0 Å². The number of amides is 1. The number of nitrogens with one attached hydrogen (secondary N) is 1. The predicted octanol–water partition coefficient (Wildman–Crippen LogP) is 3.27. The molecule has 2 aromatic rings. The average Bonchev–Trinajstić information content (AvgIpc) is 2.47. The SMILES string of the molecule is N#Cc1ccc(C(=O)Nc2cc(Br)ccc2C(=O)O)cc1. The number of halogens is 1. The van der Waals surface area contributed by atoms with Crippen LogP contribution >= 0.6 is 15.9 Å². The lowest BCUT2D eigenvalue weighted by Crippen LogP contribution is -2.14. The second-order valence-electron chi connectivity index (χ2n) is 4.14. The molecule has 0 atom stereocenters. The highest BCUT2D eigenvalue weighted by molar-refractivity contribution is 9.10. The quantitative estimate of drug-likeness (QED) is 0.893. The first-order valence-corrected chi connectivity index (χ1v) is 6.65. The van der Waals surface area contributed by atoms with Gasteiger partial charge in [-0.1, -0.05) is 15.9 Å². The molecule has 2 rings (SSSR count). The van der Waals surface area contributed by atoms with Crippen LogP contribution in [0.1, 0.15) is 26.3 Å². The van der Waals surface area contributed by atoms with E-state index in [4.69, 9.17) is 10.4 Å². The van der Waals surface area contributed by atoms with Crippen LogP contribution in [0.2, 0.25) is 0 Å². The minimum atomic E-state index is -1.13. The summed E-state index contributed by atoms with van der Waals surface area (Å²) in [6.07, 6.45) is 0. The van der Waals surface area contributed by atoms with Gasteiger partial charge in [0.2, 0.25) is 0 Å². The molecule has 0 heterocycles. The van der Waals surface area contributed by atoms with Gasteiger partial charge in [-0.15, -0.1) is 0 Å². The summed E-state index contributed by atoms with van der Waals surface area (Å²) < 4.78 is 0.655. The molecule has 0 aliphatic carbocycles. The van der Waals surface area contributed by atoms with Gasteiger partial charge >= 0.3 is 5.97 Å². The van der Waals surface area contributed by atoms with Crippen molar-refractivity contribution in [3.8, 4) is 6.07 Å². The maximum atomic E-state index is 12.1. The van der Waals surface area contributed by atoms with E-state index >= 15 is 0 Å². The zero-order valence-corrected chi connectivity index (χ0v) is 12.2. The number of benzene rings is 2. The zero-order chi connectivity index (χ0) is 15.4. The van der Waals surface area contributed by atoms with Crippen molar-refractivity contribution >= 4 is 33.5 Å². The van der Waals surface area contributed by atoms with Gasteiger partial charge in [0.1, 0.15) is 0 Å². The van der Waals surface area contributed by atoms with Crippen LogP contribution < -0.4 is 5.32 Å². The van der Waals surface area contributed by atoms with Crippen molar-refractivity contribution in [2.24, 2.45) is 0 Å². The van der Waals surface area contributed by atoms with Crippen LogP contribution in [0.5, 0.6) is 0 Å². The monoisotopic (exact) mass is 344 g/mol. The van der Waals surface area contributed by atoms with Crippen molar-refractivity contribution in [1.82, 2.24) is 0 Å². The molecule has 5 nitrogen and oxygen atoms in total. The predicted molar refractivity (Wildman–Crippen MR) is 80.2 cm³/mol. The summed E-state index contributed by atoms with van der Waals surface area (Å²) in [5.41, 5.74) is 0.983. The largest absolute Gasteiger partial charge is 0.478 e. The van der Waals surface area contributed by atoms with Crippen LogP contribution in [-0.4, -0.2) is 17.0 Å². The minimum absolute atomic E-state index is 0.000181. The third kappa shape index (κ3) is 3.46. The molecule has 6 heteroatoms. The van der Waals surface area contributed by atoms with Crippen LogP contribution in [0.15, 0.2) is 46.9 Å². The first-order chi connectivity index (χ1) is 10.0. The fourth-order valence-electron chi connectivity index (χ4n) is 1.70. The van der Waals surface area contributed by atoms with Crippen LogP contribution in [-0.2, 0) is 0 Å². The summed E-state index contributed by atoms with van der Waals surface area (Å²) in [4.78, 5) is 23.2. The summed E-state index contributed by atoms with van der Waals surface area (Å²) in [5, 5.41) is 20.4. The van der Waals surface area contributed by atoms with E-state index in [0.717, 1.165) is 0 Å². The van der Waals surface area contributed by atoms with Crippen molar-refractivity contribution in [2.75, 3.05) is 5.32 Å².